The van der Waals surface area contributed by atoms with Crippen LogP contribution in [-0.4, -0.2) is 40.3 Å². The molecule has 0 spiro atoms. The Morgan fingerprint density at radius 3 is 2.30 bits per heavy atom. The summed E-state index contributed by atoms with van der Waals surface area (Å²) in [6.45, 7) is 0.0259. The van der Waals surface area contributed by atoms with E-state index in [1.807, 2.05) is 30.3 Å². The van der Waals surface area contributed by atoms with Gasteiger partial charge in [0.05, 0.1) is 16.8 Å². The van der Waals surface area contributed by atoms with Crippen molar-refractivity contribution < 1.29 is 31.8 Å². The number of halogens is 1. The van der Waals surface area contributed by atoms with Crippen LogP contribution in [0.2, 0.25) is 0 Å². The largest absolute Gasteiger partial charge is 0.486 e. The van der Waals surface area contributed by atoms with Crippen LogP contribution in [-0.2, 0) is 14.8 Å². The monoisotopic (exact) mass is 561 g/mol. The summed E-state index contributed by atoms with van der Waals surface area (Å²) in [5.41, 5.74) is 3.13. The predicted octanol–water partition coefficient (Wildman–Crippen LogP) is 4.73. The number of ether oxygens (including phenoxy) is 3. The Labute approximate surface area is 230 Å². The molecule has 0 saturated carbocycles. The number of para-hydroxylation sites is 1. The number of anilines is 1. The van der Waals surface area contributed by atoms with Crippen LogP contribution >= 0.6 is 0 Å². The highest BCUT2D eigenvalue weighted by Crippen LogP contribution is 2.34. The lowest BCUT2D eigenvalue weighted by Crippen LogP contribution is -2.39. The molecule has 0 fully saturated rings. The van der Waals surface area contributed by atoms with Crippen molar-refractivity contribution in [2.45, 2.75) is 4.90 Å². The van der Waals surface area contributed by atoms with E-state index in [2.05, 4.69) is 10.5 Å². The second-order valence-corrected chi connectivity index (χ2v) is 10.4. The molecule has 1 amide bonds. The van der Waals surface area contributed by atoms with E-state index in [1.54, 1.807) is 24.3 Å². The minimum Gasteiger partial charge on any atom is -0.486 e. The molecular formula is C29H24FN3O6S. The number of rotatable bonds is 9. The maximum atomic E-state index is 13.6. The van der Waals surface area contributed by atoms with Gasteiger partial charge in [-0.2, -0.15) is 5.10 Å². The number of nitrogens with zero attached hydrogens (tertiary/aromatic N) is 2. The average molecular weight is 562 g/mol. The van der Waals surface area contributed by atoms with E-state index in [1.165, 1.54) is 36.5 Å². The fraction of sp³-hybridized carbons (Fsp3) is 0.103. The molecule has 0 saturated heterocycles. The Morgan fingerprint density at radius 2 is 1.57 bits per heavy atom. The van der Waals surface area contributed by atoms with Gasteiger partial charge < -0.3 is 14.2 Å². The van der Waals surface area contributed by atoms with E-state index in [0.29, 0.717) is 29.4 Å². The number of carbonyl (C=O) groups is 1. The van der Waals surface area contributed by atoms with Crippen LogP contribution in [0.4, 0.5) is 10.1 Å². The molecule has 4 aromatic rings. The quantitative estimate of drug-likeness (QED) is 0.234. The second kappa shape index (κ2) is 11.9. The zero-order chi connectivity index (χ0) is 28.0. The SMILES string of the molecule is O=C(CN(c1ccc(F)cc1)S(=O)(=O)c1ccc2c(c1)OCCO2)N/N=C\c1ccc(Oc2ccccc2)cc1. The molecule has 0 bridgehead atoms. The van der Waals surface area contributed by atoms with E-state index >= 15 is 0 Å². The number of hydrogen-bond acceptors (Lipinski definition) is 7. The summed E-state index contributed by atoms with van der Waals surface area (Å²) in [6.07, 6.45) is 1.42. The van der Waals surface area contributed by atoms with Gasteiger partial charge in [0.15, 0.2) is 11.5 Å². The van der Waals surface area contributed by atoms with Gasteiger partial charge in [-0.25, -0.2) is 18.2 Å². The summed E-state index contributed by atoms with van der Waals surface area (Å²) >= 11 is 0. The van der Waals surface area contributed by atoms with Crippen molar-refractivity contribution in [3.63, 3.8) is 0 Å². The first kappa shape index (κ1) is 26.7. The molecule has 9 nitrogen and oxygen atoms in total. The van der Waals surface area contributed by atoms with Crippen LogP contribution in [0.5, 0.6) is 23.0 Å². The van der Waals surface area contributed by atoms with Gasteiger partial charge in [0, 0.05) is 6.07 Å². The number of carbonyl (C=O) groups excluding carboxylic acids is 1. The fourth-order valence-corrected chi connectivity index (χ4v) is 5.26. The Morgan fingerprint density at radius 1 is 0.900 bits per heavy atom. The van der Waals surface area contributed by atoms with Crippen LogP contribution in [0.25, 0.3) is 0 Å². The molecule has 0 radical (unpaired) electrons. The van der Waals surface area contributed by atoms with Crippen LogP contribution in [0.15, 0.2) is 107 Å². The van der Waals surface area contributed by atoms with Crippen molar-refractivity contribution >= 4 is 27.8 Å². The molecule has 4 aromatic carbocycles. The van der Waals surface area contributed by atoms with Gasteiger partial charge >= 0.3 is 0 Å². The van der Waals surface area contributed by atoms with Gasteiger partial charge in [0.25, 0.3) is 15.9 Å². The Hall–Kier alpha value is -4.90. The zero-order valence-electron chi connectivity index (χ0n) is 21.1. The molecule has 1 aliphatic rings. The average Bonchev–Trinajstić information content (AvgIpc) is 2.97. The fourth-order valence-electron chi connectivity index (χ4n) is 3.82. The Balaban J connectivity index is 1.29. The highest BCUT2D eigenvalue weighted by Gasteiger charge is 2.29. The highest BCUT2D eigenvalue weighted by atomic mass is 32.2. The van der Waals surface area contributed by atoms with Gasteiger partial charge in [-0.3, -0.25) is 9.10 Å². The molecule has 11 heteroatoms. The van der Waals surface area contributed by atoms with Crippen LogP contribution in [0.3, 0.4) is 0 Å². The predicted molar refractivity (Wildman–Crippen MR) is 147 cm³/mol. The normalized spacial score (nSPS) is 12.6. The molecule has 0 atom stereocenters. The van der Waals surface area contributed by atoms with E-state index < -0.39 is 28.3 Å². The number of nitrogens with one attached hydrogen (secondary N) is 1. The first-order chi connectivity index (χ1) is 19.4. The minimum absolute atomic E-state index is 0.101. The number of fused-ring (bicyclic) bond motifs is 1. The first-order valence-corrected chi connectivity index (χ1v) is 13.7. The van der Waals surface area contributed by atoms with E-state index in [9.17, 15) is 17.6 Å². The molecule has 1 aliphatic heterocycles. The molecular weight excluding hydrogens is 537 g/mol. The second-order valence-electron chi connectivity index (χ2n) is 8.57. The molecule has 0 unspecified atom stereocenters. The Bertz CT molecular complexity index is 1610. The van der Waals surface area contributed by atoms with Gasteiger partial charge in [-0.1, -0.05) is 18.2 Å². The molecule has 1 heterocycles. The van der Waals surface area contributed by atoms with E-state index in [4.69, 9.17) is 14.2 Å². The lowest BCUT2D eigenvalue weighted by atomic mass is 10.2. The molecule has 40 heavy (non-hydrogen) atoms. The lowest BCUT2D eigenvalue weighted by Gasteiger charge is -2.25. The van der Waals surface area contributed by atoms with E-state index in [0.717, 1.165) is 16.4 Å². The summed E-state index contributed by atoms with van der Waals surface area (Å²) < 4.78 is 58.4. The van der Waals surface area contributed by atoms with Gasteiger partial charge in [-0.15, -0.1) is 0 Å². The van der Waals surface area contributed by atoms with Crippen molar-refractivity contribution in [2.24, 2.45) is 5.10 Å². The molecule has 5 rings (SSSR count). The Kier molecular flexibility index (Phi) is 7.92. The van der Waals surface area contributed by atoms with Crippen LogP contribution in [0.1, 0.15) is 5.56 Å². The topological polar surface area (TPSA) is 107 Å². The third kappa shape index (κ3) is 6.38. The molecule has 1 N–H and O–H groups in total. The maximum absolute atomic E-state index is 13.6. The van der Waals surface area contributed by atoms with Gasteiger partial charge in [0.1, 0.15) is 37.1 Å². The van der Waals surface area contributed by atoms with Crippen molar-refractivity contribution in [2.75, 3.05) is 24.1 Å². The smallest absolute Gasteiger partial charge is 0.264 e. The van der Waals surface area contributed by atoms with Gasteiger partial charge in [-0.05, 0) is 78.4 Å². The molecule has 0 aliphatic carbocycles. The van der Waals surface area contributed by atoms with Crippen molar-refractivity contribution in [3.05, 3.63) is 108 Å². The third-order valence-corrected chi connectivity index (χ3v) is 7.54. The summed E-state index contributed by atoms with van der Waals surface area (Å²) in [5, 5.41) is 3.95. The zero-order valence-corrected chi connectivity index (χ0v) is 21.9. The summed E-state index contributed by atoms with van der Waals surface area (Å²) in [5.74, 6) is 0.783. The maximum Gasteiger partial charge on any atom is 0.264 e. The summed E-state index contributed by atoms with van der Waals surface area (Å²) in [7, 11) is -4.25. The minimum atomic E-state index is -4.25. The number of amides is 1. The van der Waals surface area contributed by atoms with Crippen molar-refractivity contribution in [1.82, 2.24) is 5.43 Å². The number of benzene rings is 4. The van der Waals surface area contributed by atoms with Gasteiger partial charge in [0.2, 0.25) is 0 Å². The number of sulfonamides is 1. The molecule has 204 valence electrons. The lowest BCUT2D eigenvalue weighted by molar-refractivity contribution is -0.119. The first-order valence-electron chi connectivity index (χ1n) is 12.2. The van der Waals surface area contributed by atoms with Crippen molar-refractivity contribution in [3.8, 4) is 23.0 Å². The standard InChI is InChI=1S/C29H24FN3O6S/c30-22-8-10-23(11-9-22)33(40(35,36)26-14-15-27-28(18-26)38-17-16-37-27)20-29(34)32-31-19-21-6-12-25(13-7-21)39-24-4-2-1-3-5-24/h1-15,18-19H,16-17,20H2,(H,32,34)/b31-19-. The number of hydrogen-bond donors (Lipinski definition) is 1. The third-order valence-electron chi connectivity index (χ3n) is 5.77. The summed E-state index contributed by atoms with van der Waals surface area (Å²) in [4.78, 5) is 12.7. The number of hydrazone groups is 1. The van der Waals surface area contributed by atoms with Crippen LogP contribution < -0.4 is 23.9 Å². The van der Waals surface area contributed by atoms with E-state index in [-0.39, 0.29) is 22.9 Å². The highest BCUT2D eigenvalue weighted by molar-refractivity contribution is 7.92. The summed E-state index contributed by atoms with van der Waals surface area (Å²) in [6, 6.07) is 25.3. The van der Waals surface area contributed by atoms with Crippen LogP contribution in [0, 0.1) is 5.82 Å². The van der Waals surface area contributed by atoms with Crippen molar-refractivity contribution in [1.29, 1.82) is 0 Å². The molecule has 0 aromatic heterocycles.